The summed E-state index contributed by atoms with van der Waals surface area (Å²) in [6.07, 6.45) is 8.74. The average Bonchev–Trinajstić information content (AvgIpc) is 2.46. The molecule has 1 saturated carbocycles. The first-order valence-electron chi connectivity index (χ1n) is 8.19. The SMILES string of the molecule is CC=N/C(=C\C)CCNC(=O)O[C@@H]1C[C@H](C)CCC1CC. The maximum absolute atomic E-state index is 11.9. The monoisotopic (exact) mass is 294 g/mol. The average molecular weight is 294 g/mol. The van der Waals surface area contributed by atoms with Crippen LogP contribution >= 0.6 is 0 Å². The smallest absolute Gasteiger partial charge is 0.407 e. The van der Waals surface area contributed by atoms with Gasteiger partial charge in [-0.05, 0) is 44.9 Å². The summed E-state index contributed by atoms with van der Waals surface area (Å²) in [6, 6.07) is 0. The van der Waals surface area contributed by atoms with Gasteiger partial charge in [-0.2, -0.15) is 0 Å². The summed E-state index contributed by atoms with van der Waals surface area (Å²) < 4.78 is 5.63. The number of amides is 1. The number of aliphatic imine (C=N–C) groups is 1. The number of carbonyl (C=O) groups excluding carboxylic acids is 1. The van der Waals surface area contributed by atoms with E-state index < -0.39 is 0 Å². The Morgan fingerprint density at radius 3 is 2.76 bits per heavy atom. The van der Waals surface area contributed by atoms with Crippen LogP contribution in [-0.4, -0.2) is 25.0 Å². The van der Waals surface area contributed by atoms with Crippen LogP contribution in [0.15, 0.2) is 16.8 Å². The molecule has 0 aromatic carbocycles. The van der Waals surface area contributed by atoms with Crippen molar-refractivity contribution in [1.29, 1.82) is 0 Å². The van der Waals surface area contributed by atoms with Gasteiger partial charge in [-0.25, -0.2) is 4.79 Å². The topological polar surface area (TPSA) is 50.7 Å². The van der Waals surface area contributed by atoms with Gasteiger partial charge in [-0.15, -0.1) is 0 Å². The van der Waals surface area contributed by atoms with Crippen LogP contribution in [0.2, 0.25) is 0 Å². The third kappa shape index (κ3) is 6.32. The van der Waals surface area contributed by atoms with Gasteiger partial charge in [0.2, 0.25) is 0 Å². The molecular formula is C17H30N2O2. The normalized spacial score (nSPS) is 26.9. The summed E-state index contributed by atoms with van der Waals surface area (Å²) in [6.45, 7) is 8.82. The molecule has 1 amide bonds. The van der Waals surface area contributed by atoms with E-state index in [4.69, 9.17) is 4.74 Å². The first-order chi connectivity index (χ1) is 10.1. The Bertz CT molecular complexity index is 377. The van der Waals surface area contributed by atoms with Gasteiger partial charge in [-0.1, -0.05) is 26.3 Å². The zero-order valence-electron chi connectivity index (χ0n) is 13.9. The first kappa shape index (κ1) is 17.7. The van der Waals surface area contributed by atoms with Crippen molar-refractivity contribution < 1.29 is 9.53 Å². The van der Waals surface area contributed by atoms with E-state index in [-0.39, 0.29) is 12.2 Å². The lowest BCUT2D eigenvalue weighted by Gasteiger charge is -2.33. The highest BCUT2D eigenvalue weighted by Crippen LogP contribution is 2.32. The molecule has 1 fully saturated rings. The molecule has 0 aromatic rings. The summed E-state index contributed by atoms with van der Waals surface area (Å²) in [5.74, 6) is 1.17. The molecule has 0 bridgehead atoms. The van der Waals surface area contributed by atoms with Crippen molar-refractivity contribution >= 4 is 12.3 Å². The Morgan fingerprint density at radius 1 is 1.38 bits per heavy atom. The lowest BCUT2D eigenvalue weighted by Crippen LogP contribution is -2.36. The fourth-order valence-electron chi connectivity index (χ4n) is 2.92. The number of alkyl carbamates (subject to hydrolysis) is 1. The molecule has 4 nitrogen and oxygen atoms in total. The van der Waals surface area contributed by atoms with Crippen LogP contribution < -0.4 is 5.32 Å². The van der Waals surface area contributed by atoms with Crippen LogP contribution in [0.3, 0.4) is 0 Å². The van der Waals surface area contributed by atoms with Crippen molar-refractivity contribution in [2.45, 2.75) is 65.9 Å². The maximum atomic E-state index is 11.9. The predicted molar refractivity (Wildman–Crippen MR) is 87.6 cm³/mol. The Hall–Kier alpha value is -1.32. The second-order valence-corrected chi connectivity index (χ2v) is 5.87. The third-order valence-corrected chi connectivity index (χ3v) is 4.25. The molecule has 0 spiro atoms. The molecule has 3 atom stereocenters. The van der Waals surface area contributed by atoms with Crippen LogP contribution in [0.25, 0.3) is 0 Å². The fourth-order valence-corrected chi connectivity index (χ4v) is 2.92. The van der Waals surface area contributed by atoms with Gasteiger partial charge in [0.15, 0.2) is 0 Å². The second kappa shape index (κ2) is 9.59. The van der Waals surface area contributed by atoms with Crippen molar-refractivity contribution in [3.05, 3.63) is 11.8 Å². The maximum Gasteiger partial charge on any atom is 0.407 e. The summed E-state index contributed by atoms with van der Waals surface area (Å²) in [5.41, 5.74) is 0.982. The number of allylic oxidation sites excluding steroid dienone is 1. The number of nitrogens with zero attached hydrogens (tertiary/aromatic N) is 1. The van der Waals surface area contributed by atoms with E-state index >= 15 is 0 Å². The molecular weight excluding hydrogens is 264 g/mol. The van der Waals surface area contributed by atoms with Crippen molar-refractivity contribution in [2.24, 2.45) is 16.8 Å². The largest absolute Gasteiger partial charge is 0.446 e. The Kier molecular flexibility index (Phi) is 8.09. The molecule has 1 unspecified atom stereocenters. The molecule has 0 aliphatic heterocycles. The van der Waals surface area contributed by atoms with Gasteiger partial charge in [-0.3, -0.25) is 4.99 Å². The highest BCUT2D eigenvalue weighted by molar-refractivity contribution is 5.67. The number of ether oxygens (including phenoxy) is 1. The van der Waals surface area contributed by atoms with Crippen molar-refractivity contribution in [1.82, 2.24) is 5.32 Å². The number of nitrogens with one attached hydrogen (secondary N) is 1. The van der Waals surface area contributed by atoms with Crippen LogP contribution in [0.1, 0.15) is 59.8 Å². The molecule has 1 N–H and O–H groups in total. The van der Waals surface area contributed by atoms with E-state index in [0.717, 1.165) is 25.0 Å². The van der Waals surface area contributed by atoms with E-state index in [2.05, 4.69) is 24.2 Å². The number of rotatable bonds is 6. The minimum absolute atomic E-state index is 0.0774. The van der Waals surface area contributed by atoms with E-state index in [1.54, 1.807) is 6.21 Å². The molecule has 0 aromatic heterocycles. The van der Waals surface area contributed by atoms with Gasteiger partial charge in [0.1, 0.15) is 6.10 Å². The van der Waals surface area contributed by atoms with E-state index in [1.807, 2.05) is 19.9 Å². The van der Waals surface area contributed by atoms with E-state index in [0.29, 0.717) is 18.4 Å². The zero-order chi connectivity index (χ0) is 15.7. The minimum atomic E-state index is -0.288. The predicted octanol–water partition coefficient (Wildman–Crippen LogP) is 4.31. The van der Waals surface area contributed by atoms with Gasteiger partial charge in [0, 0.05) is 24.9 Å². The molecule has 1 aliphatic rings. The van der Waals surface area contributed by atoms with Gasteiger partial charge < -0.3 is 10.1 Å². The summed E-state index contributed by atoms with van der Waals surface area (Å²) >= 11 is 0. The number of carbonyl (C=O) groups is 1. The number of hydrogen-bond donors (Lipinski definition) is 1. The highest BCUT2D eigenvalue weighted by Gasteiger charge is 2.30. The number of hydrogen-bond acceptors (Lipinski definition) is 3. The Morgan fingerprint density at radius 2 is 2.14 bits per heavy atom. The molecule has 1 aliphatic carbocycles. The summed E-state index contributed by atoms with van der Waals surface area (Å²) in [7, 11) is 0. The van der Waals surface area contributed by atoms with Gasteiger partial charge >= 0.3 is 6.09 Å². The Balaban J connectivity index is 2.35. The first-order valence-corrected chi connectivity index (χ1v) is 8.19. The van der Waals surface area contributed by atoms with Crippen molar-refractivity contribution in [2.75, 3.05) is 6.54 Å². The molecule has 0 heterocycles. The van der Waals surface area contributed by atoms with Crippen LogP contribution in [0, 0.1) is 11.8 Å². The molecule has 0 radical (unpaired) electrons. The molecule has 0 saturated heterocycles. The minimum Gasteiger partial charge on any atom is -0.446 e. The summed E-state index contributed by atoms with van der Waals surface area (Å²) in [5, 5.41) is 2.84. The molecule has 4 heteroatoms. The summed E-state index contributed by atoms with van der Waals surface area (Å²) in [4.78, 5) is 16.2. The molecule has 21 heavy (non-hydrogen) atoms. The van der Waals surface area contributed by atoms with Crippen LogP contribution in [-0.2, 0) is 4.74 Å². The lowest BCUT2D eigenvalue weighted by molar-refractivity contribution is 0.0216. The lowest BCUT2D eigenvalue weighted by atomic mass is 9.79. The standard InChI is InChI=1S/C17H30N2O2/c1-5-14-9-8-13(4)12-16(14)21-17(20)19-11-10-15(6-2)18-7-3/h6-7,13-14,16H,5,8-12H2,1-4H3,(H,19,20)/b15-6-,18-7?/t13-,14?,16-/m1/s1. The fraction of sp³-hybridized carbons (Fsp3) is 0.765. The van der Waals surface area contributed by atoms with Crippen molar-refractivity contribution in [3.63, 3.8) is 0 Å². The Labute approximate surface area is 129 Å². The van der Waals surface area contributed by atoms with Crippen molar-refractivity contribution in [3.8, 4) is 0 Å². The van der Waals surface area contributed by atoms with Crippen LogP contribution in [0.5, 0.6) is 0 Å². The second-order valence-electron chi connectivity index (χ2n) is 5.87. The van der Waals surface area contributed by atoms with E-state index in [1.165, 1.54) is 12.8 Å². The molecule has 120 valence electrons. The van der Waals surface area contributed by atoms with Gasteiger partial charge in [0.05, 0.1) is 0 Å². The highest BCUT2D eigenvalue weighted by atomic mass is 16.6. The quantitative estimate of drug-likeness (QED) is 0.742. The zero-order valence-corrected chi connectivity index (χ0v) is 13.9. The van der Waals surface area contributed by atoms with Gasteiger partial charge in [0.25, 0.3) is 0 Å². The van der Waals surface area contributed by atoms with Crippen LogP contribution in [0.4, 0.5) is 4.79 Å². The van der Waals surface area contributed by atoms with E-state index in [9.17, 15) is 4.79 Å². The molecule has 1 rings (SSSR count). The third-order valence-electron chi connectivity index (χ3n) is 4.25.